The molecule has 0 atom stereocenters. The van der Waals surface area contributed by atoms with Gasteiger partial charge in [-0.15, -0.1) is 0 Å². The zero-order chi connectivity index (χ0) is 19.6. The van der Waals surface area contributed by atoms with Gasteiger partial charge in [-0.3, -0.25) is 4.79 Å². The maximum absolute atomic E-state index is 12.9. The lowest BCUT2D eigenvalue weighted by Crippen LogP contribution is -2.24. The number of urea groups is 1. The first kappa shape index (κ1) is 18.4. The van der Waals surface area contributed by atoms with Crippen LogP contribution in [-0.4, -0.2) is 29.1 Å². The van der Waals surface area contributed by atoms with E-state index in [0.717, 1.165) is 5.69 Å². The lowest BCUT2D eigenvalue weighted by Gasteiger charge is -2.10. The molecule has 8 nitrogen and oxygen atoms in total. The fraction of sp³-hybridized carbons (Fsp3) is 0.263. The summed E-state index contributed by atoms with van der Waals surface area (Å²) in [5.41, 5.74) is 3.42. The lowest BCUT2D eigenvalue weighted by molar-refractivity contribution is 0.102. The Morgan fingerprint density at radius 1 is 1.07 bits per heavy atom. The molecule has 0 saturated carbocycles. The Balaban J connectivity index is 1.88. The molecule has 3 amide bonds. The Bertz CT molecular complexity index is 992. The van der Waals surface area contributed by atoms with Gasteiger partial charge in [-0.05, 0) is 43.2 Å². The normalized spacial score (nSPS) is 10.9. The van der Waals surface area contributed by atoms with E-state index >= 15 is 0 Å². The highest BCUT2D eigenvalue weighted by atomic mass is 16.5. The van der Waals surface area contributed by atoms with Crippen molar-refractivity contribution >= 4 is 34.4 Å². The fourth-order valence-electron chi connectivity index (χ4n) is 2.62. The zero-order valence-electron chi connectivity index (χ0n) is 15.6. The summed E-state index contributed by atoms with van der Waals surface area (Å²) in [5, 5.41) is 12.5. The number of carbonyl (C=O) groups excluding carboxylic acids is 2. The maximum Gasteiger partial charge on any atom is 0.318 e. The van der Waals surface area contributed by atoms with Gasteiger partial charge in [-0.1, -0.05) is 19.0 Å². The number of pyridine rings is 1. The van der Waals surface area contributed by atoms with Crippen LogP contribution in [0.1, 0.15) is 41.5 Å². The Morgan fingerprint density at radius 2 is 1.70 bits per heavy atom. The number of carbonyl (C=O) groups is 2. The molecule has 0 bridgehead atoms. The number of hydrogen-bond acceptors (Lipinski definition) is 5. The minimum absolute atomic E-state index is 0.140. The molecule has 0 aliphatic rings. The van der Waals surface area contributed by atoms with E-state index in [4.69, 9.17) is 4.52 Å². The van der Waals surface area contributed by atoms with Crippen molar-refractivity contribution in [1.82, 2.24) is 15.5 Å². The second-order valence-corrected chi connectivity index (χ2v) is 6.43. The van der Waals surface area contributed by atoms with Crippen LogP contribution in [0.2, 0.25) is 0 Å². The Kier molecular flexibility index (Phi) is 5.07. The number of nitrogens with zero attached hydrogens (tertiary/aromatic N) is 2. The van der Waals surface area contributed by atoms with E-state index in [0.29, 0.717) is 33.7 Å². The molecule has 27 heavy (non-hydrogen) atoms. The van der Waals surface area contributed by atoms with E-state index < -0.39 is 0 Å². The maximum atomic E-state index is 12.9. The third-order valence-corrected chi connectivity index (χ3v) is 4.10. The molecule has 0 aliphatic carbocycles. The van der Waals surface area contributed by atoms with Crippen molar-refractivity contribution in [2.45, 2.75) is 26.7 Å². The van der Waals surface area contributed by atoms with Crippen molar-refractivity contribution in [2.24, 2.45) is 0 Å². The minimum Gasteiger partial charge on any atom is -0.341 e. The van der Waals surface area contributed by atoms with E-state index in [1.807, 2.05) is 13.8 Å². The summed E-state index contributed by atoms with van der Waals surface area (Å²) in [6.07, 6.45) is 0. The highest BCUT2D eigenvalue weighted by Crippen LogP contribution is 2.26. The van der Waals surface area contributed by atoms with Gasteiger partial charge < -0.3 is 20.5 Å². The van der Waals surface area contributed by atoms with Gasteiger partial charge in [-0.25, -0.2) is 9.78 Å². The molecule has 1 aromatic carbocycles. The van der Waals surface area contributed by atoms with Crippen LogP contribution in [0.5, 0.6) is 0 Å². The molecule has 0 aliphatic heterocycles. The molecule has 0 unspecified atom stereocenters. The number of benzene rings is 1. The molecule has 8 heteroatoms. The number of anilines is 2. The second-order valence-electron chi connectivity index (χ2n) is 6.43. The largest absolute Gasteiger partial charge is 0.341 e. The molecule has 0 fully saturated rings. The van der Waals surface area contributed by atoms with E-state index in [1.165, 1.54) is 7.05 Å². The van der Waals surface area contributed by atoms with Crippen LogP contribution in [0.25, 0.3) is 11.1 Å². The molecular formula is C19H21N5O3. The predicted octanol–water partition coefficient (Wildman–Crippen LogP) is 3.66. The standard InChI is InChI=1S/C19H21N5O3/c1-10(2)15-9-14(16-11(3)24-27-18(16)23-15)17(25)21-12-5-7-13(8-6-12)22-19(26)20-4/h5-10H,1-4H3,(H,21,25)(H2,20,22,26). The van der Waals surface area contributed by atoms with Gasteiger partial charge in [0.05, 0.1) is 16.6 Å². The third-order valence-electron chi connectivity index (χ3n) is 4.10. The van der Waals surface area contributed by atoms with Crippen LogP contribution in [0.3, 0.4) is 0 Å². The lowest BCUT2D eigenvalue weighted by atomic mass is 10.0. The van der Waals surface area contributed by atoms with E-state index in [2.05, 4.69) is 26.1 Å². The van der Waals surface area contributed by atoms with Crippen LogP contribution in [-0.2, 0) is 0 Å². The van der Waals surface area contributed by atoms with Crippen molar-refractivity contribution in [1.29, 1.82) is 0 Å². The van der Waals surface area contributed by atoms with Crippen molar-refractivity contribution in [3.05, 3.63) is 47.3 Å². The first-order chi connectivity index (χ1) is 12.9. The third kappa shape index (κ3) is 3.89. The van der Waals surface area contributed by atoms with Crippen LogP contribution in [0.15, 0.2) is 34.9 Å². The van der Waals surface area contributed by atoms with Crippen LogP contribution >= 0.6 is 0 Å². The monoisotopic (exact) mass is 367 g/mol. The Labute approximate surface area is 156 Å². The van der Waals surface area contributed by atoms with Gasteiger partial charge in [0.1, 0.15) is 0 Å². The van der Waals surface area contributed by atoms with Gasteiger partial charge in [0.2, 0.25) is 0 Å². The number of fused-ring (bicyclic) bond motifs is 1. The highest BCUT2D eigenvalue weighted by Gasteiger charge is 2.19. The Morgan fingerprint density at radius 3 is 2.30 bits per heavy atom. The number of aromatic nitrogens is 2. The van der Waals surface area contributed by atoms with Crippen LogP contribution in [0.4, 0.5) is 16.2 Å². The highest BCUT2D eigenvalue weighted by molar-refractivity contribution is 6.12. The molecule has 0 saturated heterocycles. The first-order valence-electron chi connectivity index (χ1n) is 8.56. The Hall–Kier alpha value is -3.42. The van der Waals surface area contributed by atoms with Crippen molar-refractivity contribution in [3.63, 3.8) is 0 Å². The number of nitrogens with one attached hydrogen (secondary N) is 3. The van der Waals surface area contributed by atoms with Gasteiger partial charge in [0, 0.05) is 24.1 Å². The summed E-state index contributed by atoms with van der Waals surface area (Å²) in [6.45, 7) is 5.77. The van der Waals surface area contributed by atoms with Gasteiger partial charge in [-0.2, -0.15) is 0 Å². The number of hydrogen-bond donors (Lipinski definition) is 3. The summed E-state index contributed by atoms with van der Waals surface area (Å²) in [7, 11) is 1.54. The summed E-state index contributed by atoms with van der Waals surface area (Å²) in [5.74, 6) is -0.135. The first-order valence-corrected chi connectivity index (χ1v) is 8.56. The molecule has 2 heterocycles. The van der Waals surface area contributed by atoms with E-state index in [-0.39, 0.29) is 17.9 Å². The SMILES string of the molecule is CNC(=O)Nc1ccc(NC(=O)c2cc(C(C)C)nc3onc(C)c23)cc1. The number of rotatable bonds is 4. The summed E-state index contributed by atoms with van der Waals surface area (Å²) < 4.78 is 5.26. The zero-order valence-corrected chi connectivity index (χ0v) is 15.6. The molecule has 140 valence electrons. The second kappa shape index (κ2) is 7.45. The topological polar surface area (TPSA) is 109 Å². The van der Waals surface area contributed by atoms with E-state index in [9.17, 15) is 9.59 Å². The van der Waals surface area contributed by atoms with Crippen molar-refractivity contribution < 1.29 is 14.1 Å². The van der Waals surface area contributed by atoms with Gasteiger partial charge in [0.15, 0.2) is 0 Å². The number of aryl methyl sites for hydroxylation is 1. The fourth-order valence-corrected chi connectivity index (χ4v) is 2.62. The van der Waals surface area contributed by atoms with Crippen LogP contribution in [0, 0.1) is 6.92 Å². The molecular weight excluding hydrogens is 346 g/mol. The molecule has 2 aromatic heterocycles. The van der Waals surface area contributed by atoms with Crippen molar-refractivity contribution in [2.75, 3.05) is 17.7 Å². The van der Waals surface area contributed by atoms with Gasteiger partial charge >= 0.3 is 6.03 Å². The number of amides is 3. The average Bonchev–Trinajstić information content (AvgIpc) is 3.03. The summed E-state index contributed by atoms with van der Waals surface area (Å²) in [6, 6.07) is 8.30. The average molecular weight is 367 g/mol. The molecule has 3 rings (SSSR count). The van der Waals surface area contributed by atoms with Gasteiger partial charge in [0.25, 0.3) is 11.6 Å². The quantitative estimate of drug-likeness (QED) is 0.652. The molecule has 3 aromatic rings. The van der Waals surface area contributed by atoms with E-state index in [1.54, 1.807) is 37.3 Å². The molecule has 0 radical (unpaired) electrons. The van der Waals surface area contributed by atoms with Crippen LogP contribution < -0.4 is 16.0 Å². The predicted molar refractivity (Wildman–Crippen MR) is 103 cm³/mol. The summed E-state index contributed by atoms with van der Waals surface area (Å²) >= 11 is 0. The minimum atomic E-state index is -0.310. The van der Waals surface area contributed by atoms with Crippen molar-refractivity contribution in [3.8, 4) is 0 Å². The molecule has 0 spiro atoms. The summed E-state index contributed by atoms with van der Waals surface area (Å²) in [4.78, 5) is 28.6. The smallest absolute Gasteiger partial charge is 0.318 e. The molecule has 3 N–H and O–H groups in total.